The van der Waals surface area contributed by atoms with Crippen LogP contribution in [0.1, 0.15) is 53.9 Å². The number of carbonyl (C=O) groups is 1. The van der Waals surface area contributed by atoms with Crippen molar-refractivity contribution in [2.24, 2.45) is 0 Å². The van der Waals surface area contributed by atoms with Gasteiger partial charge >= 0.3 is 0 Å². The van der Waals surface area contributed by atoms with Gasteiger partial charge in [0, 0.05) is 44.5 Å². The van der Waals surface area contributed by atoms with Gasteiger partial charge in [-0.3, -0.25) is 9.69 Å². The van der Waals surface area contributed by atoms with E-state index in [-0.39, 0.29) is 17.4 Å². The Morgan fingerprint density at radius 1 is 1.06 bits per heavy atom. The summed E-state index contributed by atoms with van der Waals surface area (Å²) in [7, 11) is 2.15. The second-order valence-corrected chi connectivity index (χ2v) is 9.76. The summed E-state index contributed by atoms with van der Waals surface area (Å²) in [5.74, 6) is -0.0142. The van der Waals surface area contributed by atoms with Crippen LogP contribution in [0.4, 0.5) is 5.69 Å². The minimum atomic E-state index is -0.0142. The lowest BCUT2D eigenvalue weighted by molar-refractivity contribution is 0.0162. The predicted molar refractivity (Wildman–Crippen MR) is 126 cm³/mol. The summed E-state index contributed by atoms with van der Waals surface area (Å²) < 4.78 is 5.57. The van der Waals surface area contributed by atoms with Gasteiger partial charge in [-0.25, -0.2) is 0 Å². The highest BCUT2D eigenvalue weighted by Gasteiger charge is 2.25. The molecule has 0 unspecified atom stereocenters. The SMILES string of the molecule is CN1CCc2cc([C@H](CNC(=O)c3ccc(C(C)(C)C)cc3)N3CCOCC3)ccc21. The van der Waals surface area contributed by atoms with Gasteiger partial charge in [-0.05, 0) is 46.7 Å². The van der Waals surface area contributed by atoms with Crippen LogP contribution in [0.15, 0.2) is 42.5 Å². The molecule has 31 heavy (non-hydrogen) atoms. The second kappa shape index (κ2) is 9.01. The second-order valence-electron chi connectivity index (χ2n) is 9.76. The normalized spacial score (nSPS) is 18.0. The molecule has 1 amide bonds. The Hall–Kier alpha value is -2.37. The Labute approximate surface area is 186 Å². The molecule has 0 spiro atoms. The molecule has 0 aromatic heterocycles. The summed E-state index contributed by atoms with van der Waals surface area (Å²) in [4.78, 5) is 17.6. The number of anilines is 1. The summed E-state index contributed by atoms with van der Waals surface area (Å²) in [6.07, 6.45) is 1.09. The first kappa shape index (κ1) is 21.8. The molecule has 5 nitrogen and oxygen atoms in total. The quantitative estimate of drug-likeness (QED) is 0.798. The maximum absolute atomic E-state index is 12.9. The number of nitrogens with one attached hydrogen (secondary N) is 1. The van der Waals surface area contributed by atoms with Crippen LogP contribution in [0.3, 0.4) is 0 Å². The van der Waals surface area contributed by atoms with Crippen LogP contribution >= 0.6 is 0 Å². The molecule has 1 saturated heterocycles. The van der Waals surface area contributed by atoms with Crippen molar-refractivity contribution in [2.45, 2.75) is 38.6 Å². The first-order chi connectivity index (χ1) is 14.8. The molecule has 4 rings (SSSR count). The number of fused-ring (bicyclic) bond motifs is 1. The van der Waals surface area contributed by atoms with Crippen LogP contribution in [-0.2, 0) is 16.6 Å². The minimum absolute atomic E-state index is 0.0142. The van der Waals surface area contributed by atoms with Crippen LogP contribution in [0, 0.1) is 0 Å². The number of hydrogen-bond acceptors (Lipinski definition) is 4. The van der Waals surface area contributed by atoms with Crippen LogP contribution in [0.5, 0.6) is 0 Å². The van der Waals surface area contributed by atoms with Gasteiger partial charge in [0.1, 0.15) is 0 Å². The molecule has 2 aromatic carbocycles. The fourth-order valence-corrected chi connectivity index (χ4v) is 4.55. The Morgan fingerprint density at radius 2 is 1.77 bits per heavy atom. The molecule has 1 atom stereocenters. The first-order valence-electron chi connectivity index (χ1n) is 11.4. The molecular formula is C26H35N3O2. The van der Waals surface area contributed by atoms with Gasteiger partial charge in [-0.1, -0.05) is 45.0 Å². The largest absolute Gasteiger partial charge is 0.379 e. The zero-order chi connectivity index (χ0) is 22.0. The summed E-state index contributed by atoms with van der Waals surface area (Å²) in [6.45, 7) is 11.5. The lowest BCUT2D eigenvalue weighted by Gasteiger charge is -2.35. The number of morpholine rings is 1. The van der Waals surface area contributed by atoms with Gasteiger partial charge in [0.25, 0.3) is 5.91 Å². The fourth-order valence-electron chi connectivity index (χ4n) is 4.55. The van der Waals surface area contributed by atoms with Gasteiger partial charge in [-0.15, -0.1) is 0 Å². The Balaban J connectivity index is 1.49. The molecule has 2 aliphatic rings. The molecule has 0 radical (unpaired) electrons. The summed E-state index contributed by atoms with van der Waals surface area (Å²) in [5.41, 5.74) is 6.04. The third kappa shape index (κ3) is 4.94. The van der Waals surface area contributed by atoms with E-state index >= 15 is 0 Å². The molecule has 2 aliphatic heterocycles. The number of benzene rings is 2. The van der Waals surface area contributed by atoms with Crippen molar-refractivity contribution >= 4 is 11.6 Å². The average Bonchev–Trinajstić information content (AvgIpc) is 3.14. The van der Waals surface area contributed by atoms with E-state index in [0.29, 0.717) is 12.1 Å². The highest BCUT2D eigenvalue weighted by atomic mass is 16.5. The first-order valence-corrected chi connectivity index (χ1v) is 11.4. The molecule has 5 heteroatoms. The number of ether oxygens (including phenoxy) is 1. The Morgan fingerprint density at radius 3 is 2.45 bits per heavy atom. The number of nitrogens with zero attached hydrogens (tertiary/aromatic N) is 2. The maximum Gasteiger partial charge on any atom is 0.251 e. The van der Waals surface area contributed by atoms with Crippen LogP contribution in [0.25, 0.3) is 0 Å². The van der Waals surface area contributed by atoms with E-state index in [1.807, 2.05) is 12.1 Å². The van der Waals surface area contributed by atoms with Gasteiger partial charge < -0.3 is 15.0 Å². The number of rotatable bonds is 5. The number of amides is 1. The smallest absolute Gasteiger partial charge is 0.251 e. The number of likely N-dealkylation sites (N-methyl/N-ethyl adjacent to an activating group) is 1. The predicted octanol–water partition coefficient (Wildman–Crippen LogP) is 3.78. The topological polar surface area (TPSA) is 44.8 Å². The van der Waals surface area contributed by atoms with Crippen LogP contribution < -0.4 is 10.2 Å². The number of hydrogen-bond donors (Lipinski definition) is 1. The van der Waals surface area contributed by atoms with E-state index in [2.05, 4.69) is 73.3 Å². The molecule has 1 N–H and O–H groups in total. The fraction of sp³-hybridized carbons (Fsp3) is 0.500. The Bertz CT molecular complexity index is 911. The molecule has 2 aromatic rings. The third-order valence-corrected chi connectivity index (χ3v) is 6.57. The van der Waals surface area contributed by atoms with Crippen molar-refractivity contribution in [3.63, 3.8) is 0 Å². The maximum atomic E-state index is 12.9. The zero-order valence-electron chi connectivity index (χ0n) is 19.3. The van der Waals surface area contributed by atoms with Crippen molar-refractivity contribution in [3.8, 4) is 0 Å². The molecule has 0 aliphatic carbocycles. The van der Waals surface area contributed by atoms with Gasteiger partial charge in [0.05, 0.1) is 19.3 Å². The monoisotopic (exact) mass is 421 g/mol. The van der Waals surface area contributed by atoms with Crippen molar-refractivity contribution in [3.05, 3.63) is 64.7 Å². The zero-order valence-corrected chi connectivity index (χ0v) is 19.3. The van der Waals surface area contributed by atoms with Crippen LogP contribution in [-0.4, -0.2) is 57.2 Å². The van der Waals surface area contributed by atoms with E-state index < -0.39 is 0 Å². The summed E-state index contributed by atoms with van der Waals surface area (Å²) >= 11 is 0. The third-order valence-electron chi connectivity index (χ3n) is 6.57. The van der Waals surface area contributed by atoms with E-state index in [4.69, 9.17) is 4.74 Å². The minimum Gasteiger partial charge on any atom is -0.379 e. The van der Waals surface area contributed by atoms with E-state index in [0.717, 1.165) is 39.3 Å². The lowest BCUT2D eigenvalue weighted by atomic mass is 9.86. The molecule has 1 fully saturated rings. The molecular weight excluding hydrogens is 386 g/mol. The van der Waals surface area contributed by atoms with E-state index in [1.54, 1.807) is 0 Å². The van der Waals surface area contributed by atoms with E-state index in [9.17, 15) is 4.79 Å². The molecule has 2 heterocycles. The molecule has 0 saturated carbocycles. The Kier molecular flexibility index (Phi) is 6.35. The van der Waals surface area contributed by atoms with Crippen LogP contribution in [0.2, 0.25) is 0 Å². The lowest BCUT2D eigenvalue weighted by Crippen LogP contribution is -2.43. The van der Waals surface area contributed by atoms with Gasteiger partial charge in [-0.2, -0.15) is 0 Å². The highest BCUT2D eigenvalue weighted by Crippen LogP contribution is 2.31. The van der Waals surface area contributed by atoms with Crippen molar-refractivity contribution in [1.82, 2.24) is 10.2 Å². The van der Waals surface area contributed by atoms with Crippen molar-refractivity contribution in [1.29, 1.82) is 0 Å². The van der Waals surface area contributed by atoms with Crippen molar-refractivity contribution in [2.75, 3.05) is 51.3 Å². The average molecular weight is 422 g/mol. The van der Waals surface area contributed by atoms with Crippen molar-refractivity contribution < 1.29 is 9.53 Å². The molecule has 166 valence electrons. The standard InChI is InChI=1S/C26H35N3O2/c1-26(2,3)22-8-5-19(6-9-22)25(30)27-18-24(29-13-15-31-16-14-29)20-7-10-23-21(17-20)11-12-28(23)4/h5-10,17,24H,11-16,18H2,1-4H3,(H,27,30)/t24-/m0/s1. The van der Waals surface area contributed by atoms with Gasteiger partial charge in [0.2, 0.25) is 0 Å². The number of carbonyl (C=O) groups excluding carboxylic acids is 1. The summed E-state index contributed by atoms with van der Waals surface area (Å²) in [5, 5.41) is 3.20. The van der Waals surface area contributed by atoms with E-state index in [1.165, 1.54) is 22.4 Å². The van der Waals surface area contributed by atoms with Gasteiger partial charge in [0.15, 0.2) is 0 Å². The molecule has 0 bridgehead atoms. The summed E-state index contributed by atoms with van der Waals surface area (Å²) in [6, 6.07) is 14.9. The highest BCUT2D eigenvalue weighted by molar-refractivity contribution is 5.94.